The number of aliphatic imine (C=N–C) groups is 1. The molecule has 3 rings (SSSR count). The minimum Gasteiger partial charge on any atom is -0.481 e. The molecule has 1 aromatic carbocycles. The largest absolute Gasteiger partial charge is 0.481 e. The number of nitrogens with zero attached hydrogens (tertiary/aromatic N) is 4. The van der Waals surface area contributed by atoms with E-state index in [9.17, 15) is 0 Å². The Labute approximate surface area is 155 Å². The summed E-state index contributed by atoms with van der Waals surface area (Å²) in [6.07, 6.45) is 0. The van der Waals surface area contributed by atoms with Gasteiger partial charge in [0, 0.05) is 45.8 Å². The Balaban J connectivity index is 1.49. The van der Waals surface area contributed by atoms with E-state index in [1.807, 2.05) is 25.2 Å². The van der Waals surface area contributed by atoms with Crippen molar-refractivity contribution in [3.05, 3.63) is 59.8 Å². The summed E-state index contributed by atoms with van der Waals surface area (Å²) in [5.74, 6) is 1.56. The number of ether oxygens (including phenoxy) is 1. The Bertz CT molecular complexity index is 711. The van der Waals surface area contributed by atoms with Gasteiger partial charge in [-0.3, -0.25) is 9.89 Å². The summed E-state index contributed by atoms with van der Waals surface area (Å²) in [5.41, 5.74) is 2.31. The number of benzene rings is 1. The highest BCUT2D eigenvalue weighted by molar-refractivity contribution is 5.79. The average Bonchev–Trinajstić information content (AvgIpc) is 2.70. The quantitative estimate of drug-likeness (QED) is 0.658. The van der Waals surface area contributed by atoms with Crippen LogP contribution in [0.25, 0.3) is 0 Å². The highest BCUT2D eigenvalue weighted by atomic mass is 16.5. The van der Waals surface area contributed by atoms with Crippen LogP contribution in [0.4, 0.5) is 0 Å². The summed E-state index contributed by atoms with van der Waals surface area (Å²) in [4.78, 5) is 13.7. The van der Waals surface area contributed by atoms with E-state index in [1.54, 1.807) is 7.11 Å². The molecule has 2 heterocycles. The predicted molar refractivity (Wildman–Crippen MR) is 104 cm³/mol. The first-order valence-corrected chi connectivity index (χ1v) is 9.00. The van der Waals surface area contributed by atoms with Gasteiger partial charge in [-0.2, -0.15) is 0 Å². The second-order valence-electron chi connectivity index (χ2n) is 6.32. The Hall–Kier alpha value is -2.60. The van der Waals surface area contributed by atoms with E-state index in [0.717, 1.165) is 44.4 Å². The molecule has 0 spiro atoms. The zero-order valence-electron chi connectivity index (χ0n) is 15.6. The number of piperazine rings is 1. The van der Waals surface area contributed by atoms with Crippen molar-refractivity contribution in [1.29, 1.82) is 0 Å². The summed E-state index contributed by atoms with van der Waals surface area (Å²) in [6.45, 7) is 5.65. The van der Waals surface area contributed by atoms with Crippen LogP contribution in [0.5, 0.6) is 5.88 Å². The van der Waals surface area contributed by atoms with Gasteiger partial charge in [0.15, 0.2) is 5.96 Å². The smallest absolute Gasteiger partial charge is 0.213 e. The van der Waals surface area contributed by atoms with Crippen molar-refractivity contribution in [2.75, 3.05) is 40.3 Å². The lowest BCUT2D eigenvalue weighted by Gasteiger charge is -2.36. The maximum Gasteiger partial charge on any atom is 0.213 e. The van der Waals surface area contributed by atoms with Crippen LogP contribution in [0.15, 0.2) is 53.5 Å². The normalized spacial score (nSPS) is 15.8. The maximum atomic E-state index is 5.18. The van der Waals surface area contributed by atoms with Crippen molar-refractivity contribution in [3.8, 4) is 5.88 Å². The van der Waals surface area contributed by atoms with E-state index in [0.29, 0.717) is 12.4 Å². The van der Waals surface area contributed by atoms with Crippen molar-refractivity contribution in [2.24, 2.45) is 4.99 Å². The fourth-order valence-electron chi connectivity index (χ4n) is 3.13. The molecule has 1 aliphatic heterocycles. The molecule has 0 aliphatic carbocycles. The second kappa shape index (κ2) is 9.20. The van der Waals surface area contributed by atoms with Crippen LogP contribution in [0.2, 0.25) is 0 Å². The first kappa shape index (κ1) is 18.2. The van der Waals surface area contributed by atoms with E-state index >= 15 is 0 Å². The van der Waals surface area contributed by atoms with Gasteiger partial charge in [0.2, 0.25) is 5.88 Å². The Morgan fingerprint density at radius 2 is 1.85 bits per heavy atom. The third-order valence-electron chi connectivity index (χ3n) is 4.55. The van der Waals surface area contributed by atoms with E-state index in [2.05, 4.69) is 55.4 Å². The van der Waals surface area contributed by atoms with E-state index < -0.39 is 0 Å². The number of guanidine groups is 1. The fraction of sp³-hybridized carbons (Fsp3) is 0.400. The van der Waals surface area contributed by atoms with Gasteiger partial charge >= 0.3 is 0 Å². The molecule has 1 fully saturated rings. The van der Waals surface area contributed by atoms with E-state index in [1.165, 1.54) is 5.56 Å². The van der Waals surface area contributed by atoms with Crippen molar-refractivity contribution < 1.29 is 4.74 Å². The van der Waals surface area contributed by atoms with Crippen molar-refractivity contribution in [3.63, 3.8) is 0 Å². The third-order valence-corrected chi connectivity index (χ3v) is 4.55. The number of hydrogen-bond acceptors (Lipinski definition) is 4. The predicted octanol–water partition coefficient (Wildman–Crippen LogP) is 1.98. The number of pyridine rings is 1. The van der Waals surface area contributed by atoms with Crippen LogP contribution in [-0.2, 0) is 13.1 Å². The molecule has 1 saturated heterocycles. The lowest BCUT2D eigenvalue weighted by molar-refractivity contribution is 0.172. The molecule has 0 amide bonds. The van der Waals surface area contributed by atoms with Gasteiger partial charge in [0.1, 0.15) is 0 Å². The van der Waals surface area contributed by atoms with Crippen molar-refractivity contribution in [2.45, 2.75) is 13.1 Å². The Morgan fingerprint density at radius 1 is 1.08 bits per heavy atom. The molecule has 26 heavy (non-hydrogen) atoms. The van der Waals surface area contributed by atoms with Gasteiger partial charge < -0.3 is 15.0 Å². The Kier molecular flexibility index (Phi) is 6.44. The summed E-state index contributed by atoms with van der Waals surface area (Å²) in [7, 11) is 3.46. The van der Waals surface area contributed by atoms with Gasteiger partial charge in [0.05, 0.1) is 19.3 Å². The Morgan fingerprint density at radius 3 is 2.54 bits per heavy atom. The molecular formula is C20H27N5O. The molecular weight excluding hydrogens is 326 g/mol. The summed E-state index contributed by atoms with van der Waals surface area (Å²) < 4.78 is 5.18. The van der Waals surface area contributed by atoms with Crippen LogP contribution in [0.3, 0.4) is 0 Å². The van der Waals surface area contributed by atoms with Crippen LogP contribution in [-0.4, -0.2) is 61.1 Å². The fourth-order valence-corrected chi connectivity index (χ4v) is 3.13. The van der Waals surface area contributed by atoms with Crippen LogP contribution >= 0.6 is 0 Å². The number of nitrogens with one attached hydrogen (secondary N) is 1. The zero-order valence-corrected chi connectivity index (χ0v) is 15.6. The van der Waals surface area contributed by atoms with E-state index in [4.69, 9.17) is 4.74 Å². The molecule has 0 unspecified atom stereocenters. The van der Waals surface area contributed by atoms with Crippen molar-refractivity contribution >= 4 is 5.96 Å². The molecule has 1 aromatic heterocycles. The lowest BCUT2D eigenvalue weighted by Crippen LogP contribution is -2.52. The molecule has 6 heteroatoms. The molecule has 0 saturated carbocycles. The molecule has 138 valence electrons. The number of hydrogen-bond donors (Lipinski definition) is 1. The second-order valence-corrected chi connectivity index (χ2v) is 6.32. The molecule has 1 aliphatic rings. The molecule has 0 atom stereocenters. The highest BCUT2D eigenvalue weighted by Gasteiger charge is 2.19. The molecule has 6 nitrogen and oxygen atoms in total. The maximum absolute atomic E-state index is 5.18. The lowest BCUT2D eigenvalue weighted by atomic mass is 10.2. The summed E-state index contributed by atoms with van der Waals surface area (Å²) >= 11 is 0. The summed E-state index contributed by atoms with van der Waals surface area (Å²) in [6, 6.07) is 16.4. The molecule has 1 N–H and O–H groups in total. The topological polar surface area (TPSA) is 53.0 Å². The van der Waals surface area contributed by atoms with Gasteiger partial charge in [0.25, 0.3) is 0 Å². The number of aromatic nitrogens is 1. The first-order chi connectivity index (χ1) is 12.8. The third kappa shape index (κ3) is 4.95. The number of rotatable bonds is 5. The van der Waals surface area contributed by atoms with Crippen molar-refractivity contribution in [1.82, 2.24) is 20.1 Å². The monoisotopic (exact) mass is 353 g/mol. The molecule has 0 bridgehead atoms. The average molecular weight is 353 g/mol. The van der Waals surface area contributed by atoms with Gasteiger partial charge in [-0.1, -0.05) is 36.4 Å². The standard InChI is InChI=1S/C20H27N5O/c1-21-20(22-15-18-9-6-10-19(23-18)26-2)25-13-11-24(12-14-25)16-17-7-4-3-5-8-17/h3-10H,11-16H2,1-2H3,(H,21,22). The van der Waals surface area contributed by atoms with Crippen LogP contribution in [0, 0.1) is 0 Å². The first-order valence-electron chi connectivity index (χ1n) is 9.00. The minimum absolute atomic E-state index is 0.633. The highest BCUT2D eigenvalue weighted by Crippen LogP contribution is 2.09. The zero-order chi connectivity index (χ0) is 18.2. The number of methoxy groups -OCH3 is 1. The molecule has 2 aromatic rings. The van der Waals surface area contributed by atoms with E-state index in [-0.39, 0.29) is 0 Å². The van der Waals surface area contributed by atoms with Gasteiger partial charge in [-0.05, 0) is 11.6 Å². The van der Waals surface area contributed by atoms with Crippen LogP contribution in [0.1, 0.15) is 11.3 Å². The van der Waals surface area contributed by atoms with Gasteiger partial charge in [-0.15, -0.1) is 0 Å². The minimum atomic E-state index is 0.633. The van der Waals surface area contributed by atoms with Gasteiger partial charge in [-0.25, -0.2) is 4.98 Å². The van der Waals surface area contributed by atoms with Crippen LogP contribution < -0.4 is 10.1 Å². The summed E-state index contributed by atoms with van der Waals surface area (Å²) in [5, 5.41) is 3.41. The molecule has 0 radical (unpaired) electrons. The SMILES string of the molecule is CN=C(NCc1cccc(OC)n1)N1CCN(Cc2ccccc2)CC1.